The van der Waals surface area contributed by atoms with Crippen LogP contribution in [0.4, 0.5) is 14.9 Å². The van der Waals surface area contributed by atoms with Crippen LogP contribution < -0.4 is 15.0 Å². The lowest BCUT2D eigenvalue weighted by atomic mass is 9.86. The number of benzene rings is 2. The Morgan fingerprint density at radius 2 is 1.91 bits per heavy atom. The van der Waals surface area contributed by atoms with Gasteiger partial charge in [-0.25, -0.2) is 9.18 Å². The molecule has 1 fully saturated rings. The van der Waals surface area contributed by atoms with Crippen molar-refractivity contribution in [1.29, 1.82) is 0 Å². The number of rotatable bonds is 8. The number of methoxy groups -OCH3 is 1. The van der Waals surface area contributed by atoms with E-state index in [2.05, 4.69) is 5.32 Å². The third-order valence-electron chi connectivity index (χ3n) is 6.10. The summed E-state index contributed by atoms with van der Waals surface area (Å²) in [6.45, 7) is 5.45. The molecular weight excluding hydrogens is 411 g/mol. The summed E-state index contributed by atoms with van der Waals surface area (Å²) in [4.78, 5) is 13.9. The number of anilines is 1. The van der Waals surface area contributed by atoms with Gasteiger partial charge in [0, 0.05) is 58.0 Å². The smallest absolute Gasteiger partial charge is 0.321 e. The number of amides is 2. The molecule has 2 aromatic carbocycles. The van der Waals surface area contributed by atoms with E-state index in [0.717, 1.165) is 23.2 Å². The van der Waals surface area contributed by atoms with Gasteiger partial charge in [-0.15, -0.1) is 0 Å². The minimum Gasteiger partial charge on any atom is -0.489 e. The molecule has 1 aliphatic heterocycles. The molecule has 2 aromatic rings. The Balaban J connectivity index is 1.65. The van der Waals surface area contributed by atoms with Crippen LogP contribution in [-0.4, -0.2) is 39.4 Å². The van der Waals surface area contributed by atoms with E-state index in [1.54, 1.807) is 19.1 Å². The van der Waals surface area contributed by atoms with Crippen molar-refractivity contribution in [3.63, 3.8) is 0 Å². The summed E-state index contributed by atoms with van der Waals surface area (Å²) in [5.41, 5.74) is 1.91. The van der Waals surface area contributed by atoms with Gasteiger partial charge in [0.1, 0.15) is 18.2 Å². The molecule has 1 aliphatic rings. The van der Waals surface area contributed by atoms with Crippen LogP contribution >= 0.6 is 0 Å². The molecule has 3 rings (SSSR count). The molecule has 1 N–H and O–H groups in total. The molecule has 0 aliphatic carbocycles. The lowest BCUT2D eigenvalue weighted by Gasteiger charge is -2.36. The fourth-order valence-electron chi connectivity index (χ4n) is 3.73. The van der Waals surface area contributed by atoms with E-state index < -0.39 is 5.60 Å². The molecule has 1 saturated heterocycles. The fourth-order valence-corrected chi connectivity index (χ4v) is 3.73. The quantitative estimate of drug-likeness (QED) is 0.622. The first-order chi connectivity index (χ1) is 15.4. The van der Waals surface area contributed by atoms with Gasteiger partial charge < -0.3 is 19.5 Å². The van der Waals surface area contributed by atoms with Crippen LogP contribution in [-0.2, 0) is 21.7 Å². The summed E-state index contributed by atoms with van der Waals surface area (Å²) in [7, 11) is 3.39. The maximum atomic E-state index is 14.3. The second kappa shape index (κ2) is 10.8. The average Bonchev–Trinajstić information content (AvgIpc) is 2.82. The van der Waals surface area contributed by atoms with Crippen molar-refractivity contribution in [2.24, 2.45) is 0 Å². The lowest BCUT2D eigenvalue weighted by molar-refractivity contribution is -0.0950. The van der Waals surface area contributed by atoms with Crippen molar-refractivity contribution in [2.45, 2.75) is 51.4 Å². The Bertz CT molecular complexity index is 897. The molecule has 0 bridgehead atoms. The number of hydrogen-bond acceptors (Lipinski definition) is 4. The average molecular weight is 445 g/mol. The molecular formula is C25H33FN2O4. The van der Waals surface area contributed by atoms with E-state index in [0.29, 0.717) is 31.8 Å². The number of urea groups is 1. The highest BCUT2D eigenvalue weighted by Crippen LogP contribution is 2.37. The SMILES string of the molecule is CCC(C)NC(=O)N(C)c1ccc(COc2cc(F)cc(C3(OC)CCOCC3)c2)cc1. The minimum absolute atomic E-state index is 0.118. The van der Waals surface area contributed by atoms with E-state index in [-0.39, 0.29) is 24.5 Å². The van der Waals surface area contributed by atoms with Gasteiger partial charge in [0.15, 0.2) is 0 Å². The Kier molecular flexibility index (Phi) is 8.10. The number of carbonyl (C=O) groups is 1. The highest BCUT2D eigenvalue weighted by atomic mass is 19.1. The number of carbonyl (C=O) groups excluding carboxylic acids is 1. The van der Waals surface area contributed by atoms with Crippen molar-refractivity contribution >= 4 is 11.7 Å². The van der Waals surface area contributed by atoms with E-state index in [9.17, 15) is 9.18 Å². The summed E-state index contributed by atoms with van der Waals surface area (Å²) in [6, 6.07) is 12.3. The molecule has 1 heterocycles. The number of ether oxygens (including phenoxy) is 3. The van der Waals surface area contributed by atoms with Crippen molar-refractivity contribution in [3.8, 4) is 5.75 Å². The summed E-state index contributed by atoms with van der Waals surface area (Å²) >= 11 is 0. The Labute approximate surface area is 189 Å². The normalized spacial score (nSPS) is 16.3. The van der Waals surface area contributed by atoms with Gasteiger partial charge in [-0.1, -0.05) is 19.1 Å². The zero-order valence-electron chi connectivity index (χ0n) is 19.3. The largest absolute Gasteiger partial charge is 0.489 e. The molecule has 1 atom stereocenters. The van der Waals surface area contributed by atoms with Gasteiger partial charge in [-0.2, -0.15) is 0 Å². The predicted molar refractivity (Wildman–Crippen MR) is 123 cm³/mol. The number of halogens is 1. The lowest BCUT2D eigenvalue weighted by Crippen LogP contribution is -2.41. The van der Waals surface area contributed by atoms with Crippen LogP contribution in [0.3, 0.4) is 0 Å². The van der Waals surface area contributed by atoms with Crippen molar-refractivity contribution < 1.29 is 23.4 Å². The van der Waals surface area contributed by atoms with Gasteiger partial charge >= 0.3 is 6.03 Å². The van der Waals surface area contributed by atoms with Gasteiger partial charge in [0.05, 0.1) is 5.60 Å². The molecule has 0 spiro atoms. The summed E-state index contributed by atoms with van der Waals surface area (Å²) in [5.74, 6) is 0.0988. The molecule has 1 unspecified atom stereocenters. The van der Waals surface area contributed by atoms with Gasteiger partial charge in [-0.3, -0.25) is 4.90 Å². The second-order valence-corrected chi connectivity index (χ2v) is 8.26. The van der Waals surface area contributed by atoms with E-state index in [4.69, 9.17) is 14.2 Å². The van der Waals surface area contributed by atoms with Crippen LogP contribution in [0.5, 0.6) is 5.75 Å². The Morgan fingerprint density at radius 3 is 2.53 bits per heavy atom. The third-order valence-corrected chi connectivity index (χ3v) is 6.10. The highest BCUT2D eigenvalue weighted by Gasteiger charge is 2.35. The summed E-state index contributed by atoms with van der Waals surface area (Å²) in [5, 5.41) is 2.94. The molecule has 7 heteroatoms. The first-order valence-electron chi connectivity index (χ1n) is 11.1. The van der Waals surface area contributed by atoms with Crippen LogP contribution in [0.25, 0.3) is 0 Å². The predicted octanol–water partition coefficient (Wildman–Crippen LogP) is 5.00. The summed E-state index contributed by atoms with van der Waals surface area (Å²) < 4.78 is 31.5. The van der Waals surface area contributed by atoms with Crippen molar-refractivity contribution in [2.75, 3.05) is 32.3 Å². The van der Waals surface area contributed by atoms with Crippen molar-refractivity contribution in [1.82, 2.24) is 5.32 Å². The maximum Gasteiger partial charge on any atom is 0.321 e. The monoisotopic (exact) mass is 444 g/mol. The van der Waals surface area contributed by atoms with Crippen LogP contribution in [0.15, 0.2) is 42.5 Å². The van der Waals surface area contributed by atoms with E-state index in [1.165, 1.54) is 12.1 Å². The molecule has 174 valence electrons. The Hall–Kier alpha value is -2.64. The first-order valence-corrected chi connectivity index (χ1v) is 11.1. The maximum absolute atomic E-state index is 14.3. The van der Waals surface area contributed by atoms with Crippen LogP contribution in [0.1, 0.15) is 44.2 Å². The molecule has 2 amide bonds. The highest BCUT2D eigenvalue weighted by molar-refractivity contribution is 5.91. The van der Waals surface area contributed by atoms with Crippen LogP contribution in [0, 0.1) is 5.82 Å². The number of hydrogen-bond donors (Lipinski definition) is 1. The molecule has 6 nitrogen and oxygen atoms in total. The second-order valence-electron chi connectivity index (χ2n) is 8.26. The first kappa shape index (κ1) is 24.0. The molecule has 0 saturated carbocycles. The minimum atomic E-state index is -0.555. The van der Waals surface area contributed by atoms with Gasteiger partial charge in [0.2, 0.25) is 0 Å². The van der Waals surface area contributed by atoms with Gasteiger partial charge in [-0.05, 0) is 48.7 Å². The fraction of sp³-hybridized carbons (Fsp3) is 0.480. The zero-order valence-corrected chi connectivity index (χ0v) is 19.3. The molecule has 0 aromatic heterocycles. The number of nitrogens with one attached hydrogen (secondary N) is 1. The Morgan fingerprint density at radius 1 is 1.22 bits per heavy atom. The number of nitrogens with zero attached hydrogens (tertiary/aromatic N) is 1. The van der Waals surface area contributed by atoms with E-state index in [1.807, 2.05) is 44.2 Å². The van der Waals surface area contributed by atoms with Crippen molar-refractivity contribution in [3.05, 3.63) is 59.4 Å². The molecule has 32 heavy (non-hydrogen) atoms. The standard InChI is InChI=1S/C25H33FN2O4/c1-5-18(2)27-24(29)28(3)22-8-6-19(7-9-22)17-32-23-15-20(14-21(26)16-23)25(30-4)10-12-31-13-11-25/h6-9,14-16,18H,5,10-13,17H2,1-4H3,(H,27,29). The van der Waals surface area contributed by atoms with E-state index >= 15 is 0 Å². The van der Waals surface area contributed by atoms with Crippen LogP contribution in [0.2, 0.25) is 0 Å². The summed E-state index contributed by atoms with van der Waals surface area (Å²) in [6.07, 6.45) is 2.22. The third kappa shape index (κ3) is 5.78. The van der Waals surface area contributed by atoms with Gasteiger partial charge in [0.25, 0.3) is 0 Å². The zero-order chi connectivity index (χ0) is 23.1. The molecule has 0 radical (unpaired) electrons. The topological polar surface area (TPSA) is 60.0 Å².